The van der Waals surface area contributed by atoms with Crippen LogP contribution in [0.4, 0.5) is 4.79 Å². The fourth-order valence-electron chi connectivity index (χ4n) is 5.68. The smallest absolute Gasteiger partial charge is 0.407 e. The number of fused-ring (bicyclic) bond motifs is 1. The molecule has 1 amide bonds. The summed E-state index contributed by atoms with van der Waals surface area (Å²) in [4.78, 5) is 14.1. The van der Waals surface area contributed by atoms with E-state index in [9.17, 15) is 23.4 Å². The molecule has 4 rings (SSSR count). The molecule has 2 fully saturated rings. The molecular weight excluding hydrogens is 550 g/mol. The zero-order valence-corrected chi connectivity index (χ0v) is 24.1. The molecule has 2 aliphatic heterocycles. The number of amides is 1. The van der Waals surface area contributed by atoms with Gasteiger partial charge in [0.25, 0.3) is 0 Å². The van der Waals surface area contributed by atoms with E-state index in [4.69, 9.17) is 14.7 Å². The monoisotopic (exact) mass is 589 g/mol. The average Bonchev–Trinajstić information content (AvgIpc) is 3.36. The first-order valence-corrected chi connectivity index (χ1v) is 15.3. The maximum absolute atomic E-state index is 13.8. The van der Waals surface area contributed by atoms with Gasteiger partial charge < -0.3 is 24.9 Å². The molecule has 0 aromatic heterocycles. The number of benzene rings is 2. The van der Waals surface area contributed by atoms with Gasteiger partial charge in [-0.2, -0.15) is 4.31 Å². The van der Waals surface area contributed by atoms with Gasteiger partial charge in [0.15, 0.2) is 6.29 Å². The van der Waals surface area contributed by atoms with Crippen molar-refractivity contribution in [1.29, 1.82) is 0 Å². The third-order valence-electron chi connectivity index (χ3n) is 7.59. The molecule has 2 aromatic carbocycles. The summed E-state index contributed by atoms with van der Waals surface area (Å²) in [6.07, 6.45) is -0.152. The Labute approximate surface area is 241 Å². The summed E-state index contributed by atoms with van der Waals surface area (Å²) in [5.74, 6) is -0.244. The number of aliphatic hydroxyl groups excluding tert-OH is 1. The second-order valence-corrected chi connectivity index (χ2v) is 12.9. The van der Waals surface area contributed by atoms with Crippen molar-refractivity contribution in [2.75, 3.05) is 26.3 Å². The van der Waals surface area contributed by atoms with Gasteiger partial charge in [0, 0.05) is 25.6 Å². The van der Waals surface area contributed by atoms with E-state index in [1.165, 1.54) is 39.7 Å². The summed E-state index contributed by atoms with van der Waals surface area (Å²) < 4.78 is 40.3. The molecule has 0 saturated carbocycles. The number of oxime groups is 1. The molecule has 2 aromatic rings. The number of sulfonamides is 1. The summed E-state index contributed by atoms with van der Waals surface area (Å²) in [6, 6.07) is 13.6. The lowest BCUT2D eigenvalue weighted by Crippen LogP contribution is -2.58. The summed E-state index contributed by atoms with van der Waals surface area (Å²) >= 11 is 0. The molecule has 41 heavy (non-hydrogen) atoms. The van der Waals surface area contributed by atoms with Gasteiger partial charge in [-0.25, -0.2) is 13.2 Å². The van der Waals surface area contributed by atoms with E-state index >= 15 is 0 Å². The van der Waals surface area contributed by atoms with Crippen molar-refractivity contribution in [2.45, 2.75) is 62.5 Å². The van der Waals surface area contributed by atoms with Gasteiger partial charge in [-0.3, -0.25) is 4.90 Å². The van der Waals surface area contributed by atoms with Crippen LogP contribution in [0, 0.1) is 11.8 Å². The number of carbonyl (C=O) groups is 1. The first-order valence-electron chi connectivity index (χ1n) is 13.9. The van der Waals surface area contributed by atoms with Crippen molar-refractivity contribution < 1.29 is 38.1 Å². The van der Waals surface area contributed by atoms with E-state index in [0.717, 1.165) is 18.4 Å². The Bertz CT molecular complexity index is 1270. The summed E-state index contributed by atoms with van der Waals surface area (Å²) in [7, 11) is -4.06. The molecule has 12 heteroatoms. The quantitative estimate of drug-likeness (QED) is 0.194. The third-order valence-corrected chi connectivity index (χ3v) is 9.44. The van der Waals surface area contributed by atoms with Crippen molar-refractivity contribution in [3.63, 3.8) is 0 Å². The topological polar surface area (TPSA) is 149 Å². The van der Waals surface area contributed by atoms with E-state index < -0.39 is 40.6 Å². The van der Waals surface area contributed by atoms with Crippen LogP contribution in [0.25, 0.3) is 0 Å². The van der Waals surface area contributed by atoms with Gasteiger partial charge in [-0.1, -0.05) is 61.5 Å². The normalized spacial score (nSPS) is 22.6. The fourth-order valence-corrected chi connectivity index (χ4v) is 7.30. The van der Waals surface area contributed by atoms with Gasteiger partial charge in [0.2, 0.25) is 10.0 Å². The fraction of sp³-hybridized carbons (Fsp3) is 0.517. The van der Waals surface area contributed by atoms with Crippen LogP contribution < -0.4 is 0 Å². The van der Waals surface area contributed by atoms with Crippen LogP contribution in [0.2, 0.25) is 0 Å². The zero-order valence-electron chi connectivity index (χ0n) is 23.3. The Morgan fingerprint density at radius 1 is 1.10 bits per heavy atom. The van der Waals surface area contributed by atoms with Crippen LogP contribution in [0.15, 0.2) is 64.6 Å². The maximum Gasteiger partial charge on any atom is 0.407 e. The van der Waals surface area contributed by atoms with Crippen molar-refractivity contribution in [1.82, 2.24) is 9.21 Å². The van der Waals surface area contributed by atoms with Crippen LogP contribution in [-0.2, 0) is 25.9 Å². The second kappa shape index (κ2) is 13.8. The second-order valence-electron chi connectivity index (χ2n) is 11.0. The van der Waals surface area contributed by atoms with Crippen LogP contribution in [0.3, 0.4) is 0 Å². The molecule has 0 aliphatic carbocycles. The van der Waals surface area contributed by atoms with Gasteiger partial charge in [0.1, 0.15) is 0 Å². The lowest BCUT2D eigenvalue weighted by Gasteiger charge is -2.41. The molecule has 1 unspecified atom stereocenters. The Morgan fingerprint density at radius 3 is 2.44 bits per heavy atom. The first kappa shape index (κ1) is 30.9. The van der Waals surface area contributed by atoms with Crippen molar-refractivity contribution in [3.05, 3.63) is 65.7 Å². The van der Waals surface area contributed by atoms with Crippen molar-refractivity contribution >= 4 is 22.3 Å². The number of nitrogens with zero attached hydrogens (tertiary/aromatic N) is 3. The summed E-state index contributed by atoms with van der Waals surface area (Å²) in [5, 5.41) is 33.9. The number of rotatable bonds is 12. The van der Waals surface area contributed by atoms with Crippen molar-refractivity contribution in [2.24, 2.45) is 17.0 Å². The molecule has 11 nitrogen and oxygen atoms in total. The predicted octanol–water partition coefficient (Wildman–Crippen LogP) is 3.25. The van der Waals surface area contributed by atoms with Crippen LogP contribution in [-0.4, -0.2) is 96.1 Å². The predicted molar refractivity (Wildman–Crippen MR) is 151 cm³/mol. The van der Waals surface area contributed by atoms with Crippen LogP contribution >= 0.6 is 0 Å². The van der Waals surface area contributed by atoms with Gasteiger partial charge >= 0.3 is 6.09 Å². The van der Waals surface area contributed by atoms with Crippen LogP contribution in [0.5, 0.6) is 0 Å². The third kappa shape index (κ3) is 7.44. The summed E-state index contributed by atoms with van der Waals surface area (Å²) in [6.45, 7) is 4.25. The highest BCUT2D eigenvalue weighted by Gasteiger charge is 2.48. The van der Waals surface area contributed by atoms with E-state index in [1.54, 1.807) is 0 Å². The number of ether oxygens (including phenoxy) is 2. The molecule has 2 aliphatic rings. The molecule has 2 saturated heterocycles. The van der Waals surface area contributed by atoms with E-state index in [-0.39, 0.29) is 42.8 Å². The highest BCUT2D eigenvalue weighted by Crippen LogP contribution is 2.35. The number of hydrogen-bond donors (Lipinski definition) is 3. The molecular formula is C29H39N3O8S. The molecule has 2 heterocycles. The molecule has 0 bridgehead atoms. The minimum absolute atomic E-state index is 0.0153. The number of carboxylic acid groups (broad SMARTS) is 1. The highest BCUT2D eigenvalue weighted by molar-refractivity contribution is 7.89. The zero-order chi connectivity index (χ0) is 29.6. The van der Waals surface area contributed by atoms with Gasteiger partial charge in [-0.15, -0.1) is 0 Å². The molecule has 0 spiro atoms. The van der Waals surface area contributed by atoms with Gasteiger partial charge in [-0.05, 0) is 48.4 Å². The molecule has 0 radical (unpaired) electrons. The van der Waals surface area contributed by atoms with E-state index in [2.05, 4.69) is 5.16 Å². The highest BCUT2D eigenvalue weighted by atomic mass is 32.2. The van der Waals surface area contributed by atoms with E-state index in [0.29, 0.717) is 12.2 Å². The van der Waals surface area contributed by atoms with E-state index in [1.807, 2.05) is 44.2 Å². The minimum Gasteiger partial charge on any atom is -0.465 e. The summed E-state index contributed by atoms with van der Waals surface area (Å²) in [5.41, 5.74) is 1.34. The number of aliphatic hydroxyl groups is 1. The Kier molecular flexibility index (Phi) is 10.4. The molecule has 224 valence electrons. The Morgan fingerprint density at radius 2 is 1.80 bits per heavy atom. The lowest BCUT2D eigenvalue weighted by molar-refractivity contribution is -0.151. The largest absolute Gasteiger partial charge is 0.465 e. The molecule has 5 atom stereocenters. The van der Waals surface area contributed by atoms with Crippen molar-refractivity contribution in [3.8, 4) is 0 Å². The number of hydrogen-bond acceptors (Lipinski definition) is 8. The SMILES string of the molecule is CC(C)CN(C[C@@H](O)[C@H](Cc1ccccc1)N(C(=O)O)C1CO[C@H]2OCCC[C@@H]12)S(=O)(=O)c1ccc(C=NO)cc1. The minimum atomic E-state index is -4.06. The average molecular weight is 590 g/mol. The molecule has 3 N–H and O–H groups in total. The Balaban J connectivity index is 1.67. The van der Waals surface area contributed by atoms with Crippen LogP contribution in [0.1, 0.15) is 37.8 Å². The Hall–Kier alpha value is -3.03. The standard InChI is InChI=1S/C29H39N3O8S/c1-20(2)17-31(41(37,38)23-12-10-22(11-13-23)16-30-36)18-27(33)25(15-21-7-4-3-5-8-21)32(29(34)35)26-19-40-28-24(26)9-6-14-39-28/h3-5,7-8,10-13,16,20,24-28,33,36H,6,9,14-15,17-19H2,1-2H3,(H,34,35)/t24-,25-,26?,27+,28+/m0/s1. The van der Waals surface area contributed by atoms with Gasteiger partial charge in [0.05, 0.1) is 35.9 Å². The first-order chi connectivity index (χ1) is 19.6. The lowest BCUT2D eigenvalue weighted by atomic mass is 9.90. The maximum atomic E-state index is 13.8.